The van der Waals surface area contributed by atoms with Crippen LogP contribution in [0.3, 0.4) is 0 Å². The van der Waals surface area contributed by atoms with E-state index in [1.807, 2.05) is 0 Å². The zero-order chi connectivity index (χ0) is 20.7. The van der Waals surface area contributed by atoms with Gasteiger partial charge < -0.3 is 14.8 Å². The highest BCUT2D eigenvalue weighted by Crippen LogP contribution is 2.27. The van der Waals surface area contributed by atoms with E-state index in [0.717, 1.165) is 5.56 Å². The molecule has 0 aliphatic carbocycles. The summed E-state index contributed by atoms with van der Waals surface area (Å²) in [5.74, 6) is 0.756. The molecule has 0 aliphatic rings. The van der Waals surface area contributed by atoms with E-state index < -0.39 is 10.0 Å². The fourth-order valence-corrected chi connectivity index (χ4v) is 4.21. The van der Waals surface area contributed by atoms with Gasteiger partial charge in [0.05, 0.1) is 19.1 Å². The quantitative estimate of drug-likeness (QED) is 0.692. The number of amides is 1. The summed E-state index contributed by atoms with van der Waals surface area (Å²) in [6.07, 6.45) is 0. The Bertz CT molecular complexity index is 907. The maximum atomic E-state index is 12.5. The highest BCUT2D eigenvalue weighted by atomic mass is 32.2. The van der Waals surface area contributed by atoms with Crippen LogP contribution in [0.1, 0.15) is 29.8 Å². The molecule has 7 nitrogen and oxygen atoms in total. The number of methoxy groups -OCH3 is 2. The van der Waals surface area contributed by atoms with E-state index in [0.29, 0.717) is 30.2 Å². The van der Waals surface area contributed by atoms with Crippen molar-refractivity contribution < 1.29 is 22.7 Å². The lowest BCUT2D eigenvalue weighted by atomic mass is 10.1. The van der Waals surface area contributed by atoms with E-state index in [1.54, 1.807) is 56.3 Å². The van der Waals surface area contributed by atoms with E-state index >= 15 is 0 Å². The van der Waals surface area contributed by atoms with Crippen molar-refractivity contribution >= 4 is 15.9 Å². The first kappa shape index (κ1) is 21.7. The van der Waals surface area contributed by atoms with Gasteiger partial charge in [-0.2, -0.15) is 4.31 Å². The van der Waals surface area contributed by atoms with Crippen molar-refractivity contribution in [1.29, 1.82) is 0 Å². The number of nitrogens with one attached hydrogen (secondary N) is 1. The molecule has 0 heterocycles. The van der Waals surface area contributed by atoms with Crippen molar-refractivity contribution in [2.45, 2.75) is 25.3 Å². The highest BCUT2D eigenvalue weighted by molar-refractivity contribution is 7.89. The van der Waals surface area contributed by atoms with Gasteiger partial charge >= 0.3 is 0 Å². The summed E-state index contributed by atoms with van der Waals surface area (Å²) in [6.45, 7) is 4.72. The molecule has 8 heteroatoms. The molecule has 2 aromatic carbocycles. The Hall–Kier alpha value is -2.58. The second-order valence-corrected chi connectivity index (χ2v) is 7.92. The van der Waals surface area contributed by atoms with Crippen LogP contribution >= 0.6 is 0 Å². The monoisotopic (exact) mass is 406 g/mol. The van der Waals surface area contributed by atoms with Crippen molar-refractivity contribution in [1.82, 2.24) is 9.62 Å². The Labute approximate surface area is 166 Å². The van der Waals surface area contributed by atoms with Crippen molar-refractivity contribution in [3.63, 3.8) is 0 Å². The van der Waals surface area contributed by atoms with Crippen LogP contribution in [-0.2, 0) is 16.6 Å². The minimum atomic E-state index is -3.49. The molecule has 0 saturated carbocycles. The van der Waals surface area contributed by atoms with Gasteiger partial charge in [0.25, 0.3) is 5.91 Å². The number of hydrogen-bond acceptors (Lipinski definition) is 5. The first-order valence-corrected chi connectivity index (χ1v) is 10.4. The number of hydrogen-bond donors (Lipinski definition) is 1. The lowest BCUT2D eigenvalue weighted by molar-refractivity contribution is 0.0950. The van der Waals surface area contributed by atoms with E-state index in [1.165, 1.54) is 18.5 Å². The third kappa shape index (κ3) is 4.82. The largest absolute Gasteiger partial charge is 0.493 e. The Morgan fingerprint density at radius 2 is 1.57 bits per heavy atom. The highest BCUT2D eigenvalue weighted by Gasteiger charge is 2.21. The van der Waals surface area contributed by atoms with E-state index in [4.69, 9.17) is 9.47 Å². The first-order valence-electron chi connectivity index (χ1n) is 8.96. The fourth-order valence-electron chi connectivity index (χ4n) is 2.75. The number of benzene rings is 2. The summed E-state index contributed by atoms with van der Waals surface area (Å²) < 4.78 is 36.8. The topological polar surface area (TPSA) is 84.9 Å². The van der Waals surface area contributed by atoms with E-state index in [-0.39, 0.29) is 17.3 Å². The van der Waals surface area contributed by atoms with Gasteiger partial charge in [-0.25, -0.2) is 8.42 Å². The fraction of sp³-hybridized carbons (Fsp3) is 0.350. The van der Waals surface area contributed by atoms with Crippen LogP contribution in [0.2, 0.25) is 0 Å². The lowest BCUT2D eigenvalue weighted by Crippen LogP contribution is -2.30. The third-order valence-corrected chi connectivity index (χ3v) is 6.43. The average molecular weight is 407 g/mol. The predicted molar refractivity (Wildman–Crippen MR) is 107 cm³/mol. The molecule has 28 heavy (non-hydrogen) atoms. The lowest BCUT2D eigenvalue weighted by Gasteiger charge is -2.18. The van der Waals surface area contributed by atoms with Crippen LogP contribution in [0.5, 0.6) is 11.5 Å². The van der Waals surface area contributed by atoms with Gasteiger partial charge in [0.15, 0.2) is 11.5 Å². The number of carbonyl (C=O) groups is 1. The normalized spacial score (nSPS) is 11.3. The van der Waals surface area contributed by atoms with Gasteiger partial charge in [-0.05, 0) is 35.9 Å². The molecule has 2 aromatic rings. The third-order valence-electron chi connectivity index (χ3n) is 4.37. The molecule has 0 spiro atoms. The first-order chi connectivity index (χ1) is 13.4. The number of nitrogens with zero attached hydrogens (tertiary/aromatic N) is 1. The maximum Gasteiger partial charge on any atom is 0.251 e. The molecule has 0 aromatic heterocycles. The summed E-state index contributed by atoms with van der Waals surface area (Å²) in [5.41, 5.74) is 1.24. The van der Waals surface area contributed by atoms with Crippen LogP contribution in [-0.4, -0.2) is 45.9 Å². The standard InChI is InChI=1S/C20H26N2O5S/c1-5-22(6-2)28(24,25)17-10-7-15(8-11-17)14-21-20(23)16-9-12-18(26-3)19(13-16)27-4/h7-13H,5-6,14H2,1-4H3,(H,21,23). The van der Waals surface area contributed by atoms with E-state index in [2.05, 4.69) is 5.32 Å². The van der Waals surface area contributed by atoms with Crippen LogP contribution in [0.4, 0.5) is 0 Å². The Morgan fingerprint density at radius 3 is 2.11 bits per heavy atom. The molecule has 2 rings (SSSR count). The molecule has 0 saturated heterocycles. The summed E-state index contributed by atoms with van der Waals surface area (Å²) in [4.78, 5) is 12.6. The summed E-state index contributed by atoms with van der Waals surface area (Å²) >= 11 is 0. The Morgan fingerprint density at radius 1 is 0.964 bits per heavy atom. The number of ether oxygens (including phenoxy) is 2. The molecular weight excluding hydrogens is 380 g/mol. The van der Waals surface area contributed by atoms with Crippen molar-refractivity contribution in [2.24, 2.45) is 0 Å². The molecule has 0 aliphatic heterocycles. The minimum Gasteiger partial charge on any atom is -0.493 e. The number of carbonyl (C=O) groups excluding carboxylic acids is 1. The predicted octanol–water partition coefficient (Wildman–Crippen LogP) is 2.66. The summed E-state index contributed by atoms with van der Waals surface area (Å²) in [6, 6.07) is 11.4. The second kappa shape index (κ2) is 9.57. The zero-order valence-electron chi connectivity index (χ0n) is 16.6. The second-order valence-electron chi connectivity index (χ2n) is 5.99. The Balaban J connectivity index is 2.06. The Kier molecular flexibility index (Phi) is 7.42. The zero-order valence-corrected chi connectivity index (χ0v) is 17.4. The average Bonchev–Trinajstić information content (AvgIpc) is 2.72. The smallest absolute Gasteiger partial charge is 0.251 e. The van der Waals surface area contributed by atoms with Gasteiger partial charge in [-0.15, -0.1) is 0 Å². The molecule has 0 radical (unpaired) electrons. The SMILES string of the molecule is CCN(CC)S(=O)(=O)c1ccc(CNC(=O)c2ccc(OC)c(OC)c2)cc1. The minimum absolute atomic E-state index is 0.242. The molecule has 0 fully saturated rings. The number of sulfonamides is 1. The maximum absolute atomic E-state index is 12.5. The van der Waals surface area contributed by atoms with Crippen LogP contribution in [0.25, 0.3) is 0 Å². The van der Waals surface area contributed by atoms with Crippen molar-refractivity contribution in [3.05, 3.63) is 53.6 Å². The van der Waals surface area contributed by atoms with Gasteiger partial charge in [0.1, 0.15) is 0 Å². The number of rotatable bonds is 9. The summed E-state index contributed by atoms with van der Waals surface area (Å²) in [7, 11) is -0.450. The van der Waals surface area contributed by atoms with Gasteiger partial charge in [-0.1, -0.05) is 26.0 Å². The van der Waals surface area contributed by atoms with Gasteiger partial charge in [0, 0.05) is 25.2 Å². The molecule has 1 N–H and O–H groups in total. The van der Waals surface area contributed by atoms with Crippen molar-refractivity contribution in [3.8, 4) is 11.5 Å². The van der Waals surface area contributed by atoms with Crippen LogP contribution < -0.4 is 14.8 Å². The van der Waals surface area contributed by atoms with Crippen molar-refractivity contribution in [2.75, 3.05) is 27.3 Å². The van der Waals surface area contributed by atoms with E-state index in [9.17, 15) is 13.2 Å². The molecule has 152 valence electrons. The molecule has 0 bridgehead atoms. The molecule has 0 atom stereocenters. The van der Waals surface area contributed by atoms with Gasteiger partial charge in [-0.3, -0.25) is 4.79 Å². The van der Waals surface area contributed by atoms with Crippen LogP contribution in [0, 0.1) is 0 Å². The molecule has 1 amide bonds. The molecular formula is C20H26N2O5S. The van der Waals surface area contributed by atoms with Gasteiger partial charge in [0.2, 0.25) is 10.0 Å². The van der Waals surface area contributed by atoms with Crippen LogP contribution in [0.15, 0.2) is 47.4 Å². The summed E-state index contributed by atoms with van der Waals surface area (Å²) in [5, 5.41) is 2.81. The molecule has 0 unspecified atom stereocenters.